The molecule has 0 aromatic rings. The van der Waals surface area contributed by atoms with Crippen molar-refractivity contribution in [2.45, 2.75) is 36.8 Å². The second-order valence-corrected chi connectivity index (χ2v) is 3.82. The smallest absolute Gasteiger partial charge is 0.547 e. The molecule has 0 aliphatic carbocycles. The van der Waals surface area contributed by atoms with Gasteiger partial charge in [0.25, 0.3) is 0 Å². The first kappa shape index (κ1) is 19.2. The number of aliphatic carboxylic acids is 1. The van der Waals surface area contributed by atoms with E-state index in [0.29, 0.717) is 0 Å². The van der Waals surface area contributed by atoms with E-state index < -0.39 is 56.0 Å². The SMILES string of the molecule is O=C([O-])[C@H](CO)O[C@H]1O[C@H](CO)[C@@H](O)[C@H](O)[C@@H]1O.[Na+]. The summed E-state index contributed by atoms with van der Waals surface area (Å²) in [5, 5.41) is 56.4. The Labute approximate surface area is 130 Å². The van der Waals surface area contributed by atoms with Gasteiger partial charge < -0.3 is 44.9 Å². The molecule has 1 saturated heterocycles. The molecule has 0 unspecified atom stereocenters. The Kier molecular flexibility index (Phi) is 8.56. The molecule has 0 radical (unpaired) electrons. The van der Waals surface area contributed by atoms with Gasteiger partial charge in [0.05, 0.1) is 19.2 Å². The van der Waals surface area contributed by atoms with Crippen LogP contribution in [0.3, 0.4) is 0 Å². The van der Waals surface area contributed by atoms with Crippen LogP contribution in [0.4, 0.5) is 0 Å². The average molecular weight is 290 g/mol. The molecule has 0 amide bonds. The van der Waals surface area contributed by atoms with Gasteiger partial charge in [0.1, 0.15) is 30.5 Å². The van der Waals surface area contributed by atoms with Gasteiger partial charge in [-0.05, 0) is 0 Å². The van der Waals surface area contributed by atoms with E-state index in [0.717, 1.165) is 0 Å². The third-order valence-corrected chi connectivity index (χ3v) is 2.58. The van der Waals surface area contributed by atoms with Gasteiger partial charge in [-0.15, -0.1) is 0 Å². The van der Waals surface area contributed by atoms with E-state index in [-0.39, 0.29) is 29.6 Å². The Morgan fingerprint density at radius 3 is 2.21 bits per heavy atom. The molecule has 0 bridgehead atoms. The van der Waals surface area contributed by atoms with Crippen LogP contribution in [-0.4, -0.2) is 81.5 Å². The summed E-state index contributed by atoms with van der Waals surface area (Å²) >= 11 is 0. The van der Waals surface area contributed by atoms with E-state index in [1.807, 2.05) is 0 Å². The number of ether oxygens (including phenoxy) is 2. The Balaban J connectivity index is 0.00000324. The predicted molar refractivity (Wildman–Crippen MR) is 50.7 cm³/mol. The normalized spacial score (nSPS) is 36.4. The van der Waals surface area contributed by atoms with Gasteiger partial charge in [0.2, 0.25) is 0 Å². The molecule has 1 aliphatic rings. The van der Waals surface area contributed by atoms with Gasteiger partial charge in [-0.2, -0.15) is 0 Å². The first-order valence-electron chi connectivity index (χ1n) is 5.20. The third-order valence-electron chi connectivity index (χ3n) is 2.58. The number of carboxylic acid groups (broad SMARTS) is 1. The maximum absolute atomic E-state index is 10.5. The second-order valence-electron chi connectivity index (χ2n) is 3.82. The van der Waals surface area contributed by atoms with E-state index in [1.165, 1.54) is 0 Å². The minimum Gasteiger partial charge on any atom is -0.547 e. The summed E-state index contributed by atoms with van der Waals surface area (Å²) in [6.45, 7) is -1.59. The van der Waals surface area contributed by atoms with Gasteiger partial charge >= 0.3 is 29.6 Å². The molecule has 106 valence electrons. The number of aliphatic hydroxyl groups is 5. The van der Waals surface area contributed by atoms with E-state index >= 15 is 0 Å². The maximum Gasteiger partial charge on any atom is 1.00 e. The van der Waals surface area contributed by atoms with Crippen LogP contribution in [0.15, 0.2) is 0 Å². The van der Waals surface area contributed by atoms with Gasteiger partial charge in [0, 0.05) is 0 Å². The van der Waals surface area contributed by atoms with Crippen molar-refractivity contribution in [3.05, 3.63) is 0 Å². The monoisotopic (exact) mass is 290 g/mol. The number of rotatable bonds is 5. The molecule has 0 aromatic heterocycles. The molecule has 1 rings (SSSR count). The summed E-state index contributed by atoms with van der Waals surface area (Å²) in [6, 6.07) is 0. The molecule has 6 atom stereocenters. The van der Waals surface area contributed by atoms with Crippen molar-refractivity contribution in [2.24, 2.45) is 0 Å². The van der Waals surface area contributed by atoms with Crippen molar-refractivity contribution in [2.75, 3.05) is 13.2 Å². The van der Waals surface area contributed by atoms with Crippen LogP contribution in [-0.2, 0) is 14.3 Å². The molecule has 9 nitrogen and oxygen atoms in total. The van der Waals surface area contributed by atoms with Crippen LogP contribution in [0.2, 0.25) is 0 Å². The quantitative estimate of drug-likeness (QED) is 0.310. The molecule has 0 aromatic carbocycles. The zero-order valence-corrected chi connectivity index (χ0v) is 12.2. The fourth-order valence-electron chi connectivity index (χ4n) is 1.51. The van der Waals surface area contributed by atoms with Crippen LogP contribution in [0, 0.1) is 0 Å². The van der Waals surface area contributed by atoms with E-state index in [9.17, 15) is 25.2 Å². The average Bonchev–Trinajstić information content (AvgIpc) is 2.35. The second kappa shape index (κ2) is 8.47. The summed E-state index contributed by atoms with van der Waals surface area (Å²) < 4.78 is 9.58. The molecule has 0 spiro atoms. The van der Waals surface area contributed by atoms with E-state index in [2.05, 4.69) is 0 Å². The molecule has 10 heteroatoms. The van der Waals surface area contributed by atoms with Crippen molar-refractivity contribution in [3.63, 3.8) is 0 Å². The molecule has 5 N–H and O–H groups in total. The standard InChI is InChI=1S/C9H16O9.Na/c10-1-3-5(12)6(13)7(14)9(17-3)18-4(2-11)8(15)16;/h3-7,9-14H,1-2H2,(H,15,16);/q;+1/p-1/t3-,4+,5-,6+,7+,9-;/m1./s1. The summed E-state index contributed by atoms with van der Waals surface area (Å²) in [4.78, 5) is 10.5. The van der Waals surface area contributed by atoms with E-state index in [1.54, 1.807) is 0 Å². The minimum atomic E-state index is -1.76. The topological polar surface area (TPSA) is 160 Å². The maximum atomic E-state index is 10.5. The number of aliphatic hydroxyl groups excluding tert-OH is 5. The Morgan fingerprint density at radius 2 is 1.79 bits per heavy atom. The molecule has 1 heterocycles. The fraction of sp³-hybridized carbons (Fsp3) is 0.889. The van der Waals surface area contributed by atoms with Crippen molar-refractivity contribution in [3.8, 4) is 0 Å². The van der Waals surface area contributed by atoms with Crippen molar-refractivity contribution in [1.29, 1.82) is 0 Å². The summed E-state index contributed by atoms with van der Waals surface area (Å²) in [5.74, 6) is -1.73. The third kappa shape index (κ3) is 4.60. The Morgan fingerprint density at radius 1 is 1.21 bits per heavy atom. The molecule has 1 aliphatic heterocycles. The molecular weight excluding hydrogens is 275 g/mol. The molecule has 1 fully saturated rings. The number of hydrogen-bond donors (Lipinski definition) is 5. The van der Waals surface area contributed by atoms with Crippen LogP contribution < -0.4 is 34.7 Å². The molecule has 0 saturated carbocycles. The number of carbonyl (C=O) groups excluding carboxylic acids is 1. The van der Waals surface area contributed by atoms with Crippen LogP contribution in [0.5, 0.6) is 0 Å². The number of carbonyl (C=O) groups is 1. The zero-order valence-electron chi connectivity index (χ0n) is 10.2. The summed E-state index contributed by atoms with van der Waals surface area (Å²) in [7, 11) is 0. The summed E-state index contributed by atoms with van der Waals surface area (Å²) in [5.41, 5.74) is 0. The van der Waals surface area contributed by atoms with Crippen molar-refractivity contribution < 1.29 is 74.5 Å². The zero-order chi connectivity index (χ0) is 13.9. The van der Waals surface area contributed by atoms with E-state index in [4.69, 9.17) is 19.7 Å². The number of carboxylic acids is 1. The molecule has 19 heavy (non-hydrogen) atoms. The van der Waals surface area contributed by atoms with Gasteiger partial charge in [0.15, 0.2) is 6.29 Å². The van der Waals surface area contributed by atoms with Crippen molar-refractivity contribution in [1.82, 2.24) is 0 Å². The van der Waals surface area contributed by atoms with Crippen LogP contribution in [0.25, 0.3) is 0 Å². The van der Waals surface area contributed by atoms with Gasteiger partial charge in [-0.25, -0.2) is 0 Å². The Hall–Kier alpha value is 0.190. The summed E-state index contributed by atoms with van der Waals surface area (Å²) in [6.07, 6.45) is -9.56. The fourth-order valence-corrected chi connectivity index (χ4v) is 1.51. The van der Waals surface area contributed by atoms with Crippen molar-refractivity contribution >= 4 is 5.97 Å². The largest absolute Gasteiger partial charge is 1.00 e. The minimum absolute atomic E-state index is 0. The van der Waals surface area contributed by atoms with Gasteiger partial charge in [-0.1, -0.05) is 0 Å². The van der Waals surface area contributed by atoms with Crippen LogP contribution in [0.1, 0.15) is 0 Å². The molecular formula is C9H15NaO9. The first-order valence-corrected chi connectivity index (χ1v) is 5.20. The number of hydrogen-bond acceptors (Lipinski definition) is 9. The predicted octanol–water partition coefficient (Wildman–Crippen LogP) is -8.08. The van der Waals surface area contributed by atoms with Crippen LogP contribution >= 0.6 is 0 Å². The first-order chi connectivity index (χ1) is 8.42. The van der Waals surface area contributed by atoms with Gasteiger partial charge in [-0.3, -0.25) is 0 Å². The Bertz CT molecular complexity index is 287.